The minimum absolute atomic E-state index is 0.0753. The fourth-order valence-electron chi connectivity index (χ4n) is 2.43. The number of carbonyl (C=O) groups excluding carboxylic acids is 2. The van der Waals surface area contributed by atoms with Crippen LogP contribution in [0.1, 0.15) is 25.9 Å². The Kier molecular flexibility index (Phi) is 7.21. The first-order chi connectivity index (χ1) is 15.2. The SMILES string of the molecule is COc1ccc(NC(=O)c2nnc(COC(=O)/C=C/c3cccc(C(F)(F)F)c3)s2)cc1. The Morgan fingerprint density at radius 1 is 1.12 bits per heavy atom. The molecule has 0 fully saturated rings. The minimum Gasteiger partial charge on any atom is -0.497 e. The summed E-state index contributed by atoms with van der Waals surface area (Å²) in [6.07, 6.45) is -2.25. The van der Waals surface area contributed by atoms with E-state index in [1.54, 1.807) is 24.3 Å². The van der Waals surface area contributed by atoms with Crippen molar-refractivity contribution in [2.45, 2.75) is 12.8 Å². The normalized spacial score (nSPS) is 11.4. The van der Waals surface area contributed by atoms with Crippen molar-refractivity contribution >= 4 is 35.0 Å². The van der Waals surface area contributed by atoms with Crippen LogP contribution in [0.3, 0.4) is 0 Å². The third-order valence-corrected chi connectivity index (χ3v) is 4.87. The summed E-state index contributed by atoms with van der Waals surface area (Å²) in [6.45, 7) is -0.237. The molecular weight excluding hydrogens is 447 g/mol. The summed E-state index contributed by atoms with van der Waals surface area (Å²) in [5.41, 5.74) is -0.0776. The van der Waals surface area contributed by atoms with Crippen molar-refractivity contribution in [3.8, 4) is 5.75 Å². The van der Waals surface area contributed by atoms with Gasteiger partial charge < -0.3 is 14.8 Å². The van der Waals surface area contributed by atoms with Gasteiger partial charge in [0, 0.05) is 11.8 Å². The first-order valence-corrected chi connectivity index (χ1v) is 9.86. The molecule has 0 radical (unpaired) electrons. The molecule has 0 aliphatic rings. The number of nitrogens with one attached hydrogen (secondary N) is 1. The number of alkyl halides is 3. The minimum atomic E-state index is -4.47. The summed E-state index contributed by atoms with van der Waals surface area (Å²) in [4.78, 5) is 24.1. The number of rotatable bonds is 7. The molecule has 1 N–H and O–H groups in total. The molecule has 2 aromatic carbocycles. The van der Waals surface area contributed by atoms with Gasteiger partial charge in [-0.2, -0.15) is 13.2 Å². The molecule has 3 aromatic rings. The van der Waals surface area contributed by atoms with Crippen LogP contribution in [0.4, 0.5) is 18.9 Å². The van der Waals surface area contributed by atoms with Crippen LogP contribution in [0, 0.1) is 0 Å². The number of esters is 1. The van der Waals surface area contributed by atoms with Gasteiger partial charge in [0.1, 0.15) is 12.4 Å². The van der Waals surface area contributed by atoms with Gasteiger partial charge in [0.15, 0.2) is 5.01 Å². The van der Waals surface area contributed by atoms with Crippen LogP contribution < -0.4 is 10.1 Å². The number of benzene rings is 2. The predicted molar refractivity (Wildman–Crippen MR) is 111 cm³/mol. The molecule has 1 heterocycles. The van der Waals surface area contributed by atoms with Crippen molar-refractivity contribution in [2.75, 3.05) is 12.4 Å². The van der Waals surface area contributed by atoms with Crippen molar-refractivity contribution in [3.63, 3.8) is 0 Å². The van der Waals surface area contributed by atoms with Crippen molar-refractivity contribution in [2.24, 2.45) is 0 Å². The molecule has 0 atom stereocenters. The molecular formula is C21H16F3N3O4S. The topological polar surface area (TPSA) is 90.4 Å². The van der Waals surface area contributed by atoms with E-state index in [0.717, 1.165) is 29.5 Å². The highest BCUT2D eigenvalue weighted by atomic mass is 32.1. The maximum Gasteiger partial charge on any atom is 0.416 e. The van der Waals surface area contributed by atoms with Crippen LogP contribution in [-0.2, 0) is 22.3 Å². The molecule has 1 aromatic heterocycles. The molecule has 0 bridgehead atoms. The Bertz CT molecular complexity index is 1130. The molecule has 1 amide bonds. The second kappa shape index (κ2) is 10.1. The molecule has 3 rings (SSSR count). The fraction of sp³-hybridized carbons (Fsp3) is 0.143. The number of aromatic nitrogens is 2. The quantitative estimate of drug-likeness (QED) is 0.408. The van der Waals surface area contributed by atoms with Crippen LogP contribution in [0.5, 0.6) is 5.75 Å². The maximum absolute atomic E-state index is 12.7. The van der Waals surface area contributed by atoms with Crippen molar-refractivity contribution < 1.29 is 32.2 Å². The number of halogens is 3. The maximum atomic E-state index is 12.7. The third kappa shape index (κ3) is 6.38. The number of hydrogen-bond acceptors (Lipinski definition) is 7. The molecule has 11 heteroatoms. The summed E-state index contributed by atoms with van der Waals surface area (Å²) in [7, 11) is 1.53. The van der Waals surface area contributed by atoms with E-state index < -0.39 is 23.6 Å². The second-order valence-electron chi connectivity index (χ2n) is 6.25. The summed E-state index contributed by atoms with van der Waals surface area (Å²) in [5, 5.41) is 10.6. The van der Waals surface area contributed by atoms with Crippen LogP contribution >= 0.6 is 11.3 Å². The molecule has 0 spiro atoms. The van der Waals surface area contributed by atoms with E-state index in [1.807, 2.05) is 0 Å². The highest BCUT2D eigenvalue weighted by molar-refractivity contribution is 7.13. The number of carbonyl (C=O) groups is 2. The molecule has 0 saturated heterocycles. The lowest BCUT2D eigenvalue weighted by Crippen LogP contribution is -2.11. The van der Waals surface area contributed by atoms with Gasteiger partial charge >= 0.3 is 12.1 Å². The number of hydrogen-bond donors (Lipinski definition) is 1. The first-order valence-electron chi connectivity index (χ1n) is 9.04. The standard InChI is InChI=1S/C21H16F3N3O4S/c1-30-16-8-6-15(7-9-16)25-19(29)20-27-26-17(32-20)12-31-18(28)10-5-13-3-2-4-14(11-13)21(22,23)24/h2-11H,12H2,1H3,(H,25,29)/b10-5+. The Morgan fingerprint density at radius 3 is 2.56 bits per heavy atom. The zero-order valence-electron chi connectivity index (χ0n) is 16.6. The highest BCUT2D eigenvalue weighted by Crippen LogP contribution is 2.29. The Balaban J connectivity index is 1.52. The van der Waals surface area contributed by atoms with E-state index in [4.69, 9.17) is 9.47 Å². The first kappa shape index (κ1) is 22.9. The fourth-order valence-corrected chi connectivity index (χ4v) is 3.07. The molecule has 7 nitrogen and oxygen atoms in total. The Labute approximate surface area is 184 Å². The zero-order chi connectivity index (χ0) is 23.1. The molecule has 0 aliphatic heterocycles. The Morgan fingerprint density at radius 2 is 1.88 bits per heavy atom. The van der Waals surface area contributed by atoms with Crippen molar-refractivity contribution in [1.82, 2.24) is 10.2 Å². The van der Waals surface area contributed by atoms with E-state index in [0.29, 0.717) is 11.4 Å². The van der Waals surface area contributed by atoms with Gasteiger partial charge in [0.2, 0.25) is 5.01 Å². The third-order valence-electron chi connectivity index (χ3n) is 3.97. The monoisotopic (exact) mass is 463 g/mol. The summed E-state index contributed by atoms with van der Waals surface area (Å²) in [6, 6.07) is 11.2. The van der Waals surface area contributed by atoms with Crippen LogP contribution in [0.2, 0.25) is 0 Å². The predicted octanol–water partition coefficient (Wildman–Crippen LogP) is 4.57. The molecule has 32 heavy (non-hydrogen) atoms. The number of methoxy groups -OCH3 is 1. The van der Waals surface area contributed by atoms with Crippen LogP contribution in [-0.4, -0.2) is 29.2 Å². The van der Waals surface area contributed by atoms with Crippen molar-refractivity contribution in [3.05, 3.63) is 75.7 Å². The number of ether oxygens (including phenoxy) is 2. The van der Waals surface area contributed by atoms with Gasteiger partial charge in [-0.3, -0.25) is 4.79 Å². The van der Waals surface area contributed by atoms with Gasteiger partial charge in [-0.1, -0.05) is 23.5 Å². The average molecular weight is 463 g/mol. The highest BCUT2D eigenvalue weighted by Gasteiger charge is 2.30. The van der Waals surface area contributed by atoms with E-state index in [2.05, 4.69) is 15.5 Å². The lowest BCUT2D eigenvalue weighted by molar-refractivity contribution is -0.139. The van der Waals surface area contributed by atoms with Crippen LogP contribution in [0.25, 0.3) is 6.08 Å². The Hall–Kier alpha value is -3.73. The van der Waals surface area contributed by atoms with E-state index in [1.165, 1.54) is 25.3 Å². The van der Waals surface area contributed by atoms with Crippen molar-refractivity contribution in [1.29, 1.82) is 0 Å². The van der Waals surface area contributed by atoms with Gasteiger partial charge in [-0.05, 0) is 48.0 Å². The summed E-state index contributed by atoms with van der Waals surface area (Å²) < 4.78 is 48.2. The zero-order valence-corrected chi connectivity index (χ0v) is 17.4. The van der Waals surface area contributed by atoms with Gasteiger partial charge in [-0.15, -0.1) is 10.2 Å². The van der Waals surface area contributed by atoms with E-state index in [9.17, 15) is 22.8 Å². The average Bonchev–Trinajstić information content (AvgIpc) is 3.26. The number of anilines is 1. The number of nitrogens with zero attached hydrogens (tertiary/aromatic N) is 2. The molecule has 166 valence electrons. The summed E-state index contributed by atoms with van der Waals surface area (Å²) in [5.74, 6) is -0.610. The van der Waals surface area contributed by atoms with Crippen LogP contribution in [0.15, 0.2) is 54.6 Å². The molecule has 0 aliphatic carbocycles. The second-order valence-corrected chi connectivity index (χ2v) is 7.31. The summed E-state index contributed by atoms with van der Waals surface area (Å²) >= 11 is 0.944. The van der Waals surface area contributed by atoms with Gasteiger partial charge in [0.25, 0.3) is 5.91 Å². The largest absolute Gasteiger partial charge is 0.497 e. The smallest absolute Gasteiger partial charge is 0.416 e. The lowest BCUT2D eigenvalue weighted by Gasteiger charge is -2.06. The lowest BCUT2D eigenvalue weighted by atomic mass is 10.1. The van der Waals surface area contributed by atoms with E-state index in [-0.39, 0.29) is 22.2 Å². The molecule has 0 unspecified atom stereocenters. The molecule has 0 saturated carbocycles. The van der Waals surface area contributed by atoms with Gasteiger partial charge in [-0.25, -0.2) is 4.79 Å². The number of amides is 1. The van der Waals surface area contributed by atoms with E-state index >= 15 is 0 Å². The van der Waals surface area contributed by atoms with Gasteiger partial charge in [0.05, 0.1) is 12.7 Å².